The van der Waals surface area contributed by atoms with E-state index in [2.05, 4.69) is 25.0 Å². The van der Waals surface area contributed by atoms with E-state index in [-0.39, 0.29) is 6.04 Å². The fraction of sp³-hybridized carbons (Fsp3) is 0.700. The maximum atomic E-state index is 5.85. The average molecular weight is 181 g/mol. The molecule has 2 N–H and O–H groups in total. The van der Waals surface area contributed by atoms with Gasteiger partial charge in [-0.05, 0) is 25.8 Å². The van der Waals surface area contributed by atoms with Gasteiger partial charge in [-0.1, -0.05) is 13.8 Å². The SMILES string of the molecule is CCCn1nc(CC)cc1[C@H](C)N. The van der Waals surface area contributed by atoms with E-state index < -0.39 is 0 Å². The van der Waals surface area contributed by atoms with Gasteiger partial charge in [-0.2, -0.15) is 5.10 Å². The highest BCUT2D eigenvalue weighted by Gasteiger charge is 2.09. The van der Waals surface area contributed by atoms with Gasteiger partial charge in [0.05, 0.1) is 11.4 Å². The summed E-state index contributed by atoms with van der Waals surface area (Å²) in [5.74, 6) is 0. The van der Waals surface area contributed by atoms with Crippen molar-refractivity contribution in [3.8, 4) is 0 Å². The van der Waals surface area contributed by atoms with Crippen molar-refractivity contribution >= 4 is 0 Å². The smallest absolute Gasteiger partial charge is 0.0625 e. The maximum absolute atomic E-state index is 5.85. The number of rotatable bonds is 4. The highest BCUT2D eigenvalue weighted by atomic mass is 15.3. The summed E-state index contributed by atoms with van der Waals surface area (Å²) in [7, 11) is 0. The quantitative estimate of drug-likeness (QED) is 0.770. The summed E-state index contributed by atoms with van der Waals surface area (Å²) >= 11 is 0. The maximum Gasteiger partial charge on any atom is 0.0625 e. The van der Waals surface area contributed by atoms with Crippen LogP contribution < -0.4 is 5.73 Å². The zero-order valence-corrected chi connectivity index (χ0v) is 8.75. The van der Waals surface area contributed by atoms with Gasteiger partial charge in [-0.25, -0.2) is 0 Å². The van der Waals surface area contributed by atoms with Crippen molar-refractivity contribution in [2.75, 3.05) is 0 Å². The molecule has 0 saturated heterocycles. The van der Waals surface area contributed by atoms with Gasteiger partial charge in [0.15, 0.2) is 0 Å². The summed E-state index contributed by atoms with van der Waals surface area (Å²) in [4.78, 5) is 0. The Balaban J connectivity index is 2.93. The van der Waals surface area contributed by atoms with Gasteiger partial charge in [0.25, 0.3) is 0 Å². The second-order valence-corrected chi connectivity index (χ2v) is 3.43. The molecule has 0 unspecified atom stereocenters. The summed E-state index contributed by atoms with van der Waals surface area (Å²) in [6.07, 6.45) is 2.08. The van der Waals surface area contributed by atoms with Gasteiger partial charge in [0, 0.05) is 12.6 Å². The van der Waals surface area contributed by atoms with Crippen LogP contribution in [0.15, 0.2) is 6.07 Å². The van der Waals surface area contributed by atoms with Crippen molar-refractivity contribution in [1.29, 1.82) is 0 Å². The van der Waals surface area contributed by atoms with E-state index in [1.54, 1.807) is 0 Å². The second-order valence-electron chi connectivity index (χ2n) is 3.43. The zero-order valence-electron chi connectivity index (χ0n) is 8.75. The van der Waals surface area contributed by atoms with Crippen molar-refractivity contribution in [1.82, 2.24) is 9.78 Å². The van der Waals surface area contributed by atoms with Crippen LogP contribution in [0.1, 0.15) is 44.6 Å². The van der Waals surface area contributed by atoms with E-state index in [0.717, 1.165) is 30.8 Å². The summed E-state index contributed by atoms with van der Waals surface area (Å²) in [6.45, 7) is 7.24. The minimum atomic E-state index is 0.0827. The van der Waals surface area contributed by atoms with Crippen LogP contribution in [-0.4, -0.2) is 9.78 Å². The molecule has 1 aromatic rings. The molecule has 1 atom stereocenters. The lowest BCUT2D eigenvalue weighted by Crippen LogP contribution is -2.13. The first kappa shape index (κ1) is 10.3. The van der Waals surface area contributed by atoms with Crippen molar-refractivity contribution < 1.29 is 0 Å². The Morgan fingerprint density at radius 1 is 1.54 bits per heavy atom. The number of aromatic nitrogens is 2. The molecule has 0 aliphatic carbocycles. The zero-order chi connectivity index (χ0) is 9.84. The van der Waals surface area contributed by atoms with Gasteiger partial charge >= 0.3 is 0 Å². The molecule has 0 radical (unpaired) electrons. The monoisotopic (exact) mass is 181 g/mol. The fourth-order valence-electron chi connectivity index (χ4n) is 1.42. The molecule has 3 heteroatoms. The molecule has 1 aromatic heterocycles. The Hall–Kier alpha value is -0.830. The first-order valence-corrected chi connectivity index (χ1v) is 5.01. The molecule has 0 bridgehead atoms. The largest absolute Gasteiger partial charge is 0.323 e. The Kier molecular flexibility index (Phi) is 3.48. The van der Waals surface area contributed by atoms with Gasteiger partial charge in [0.2, 0.25) is 0 Å². The van der Waals surface area contributed by atoms with Gasteiger partial charge in [-0.15, -0.1) is 0 Å². The molecule has 0 aliphatic rings. The van der Waals surface area contributed by atoms with E-state index in [9.17, 15) is 0 Å². The van der Waals surface area contributed by atoms with Gasteiger partial charge in [-0.3, -0.25) is 4.68 Å². The van der Waals surface area contributed by atoms with E-state index in [1.807, 2.05) is 11.6 Å². The predicted molar refractivity (Wildman–Crippen MR) is 54.5 cm³/mol. The highest BCUT2D eigenvalue weighted by Crippen LogP contribution is 2.12. The lowest BCUT2D eigenvalue weighted by molar-refractivity contribution is 0.548. The minimum Gasteiger partial charge on any atom is -0.323 e. The Bertz CT molecular complexity index is 263. The molecule has 0 aliphatic heterocycles. The Morgan fingerprint density at radius 3 is 2.69 bits per heavy atom. The van der Waals surface area contributed by atoms with Crippen molar-refractivity contribution in [2.45, 2.75) is 46.2 Å². The normalized spacial score (nSPS) is 13.2. The van der Waals surface area contributed by atoms with Crippen LogP contribution >= 0.6 is 0 Å². The lowest BCUT2D eigenvalue weighted by Gasteiger charge is -2.07. The summed E-state index contributed by atoms with van der Waals surface area (Å²) < 4.78 is 2.03. The van der Waals surface area contributed by atoms with Crippen LogP contribution in [0, 0.1) is 0 Å². The van der Waals surface area contributed by atoms with Crippen molar-refractivity contribution in [3.63, 3.8) is 0 Å². The fourth-order valence-corrected chi connectivity index (χ4v) is 1.42. The molecule has 0 fully saturated rings. The molecule has 0 saturated carbocycles. The minimum absolute atomic E-state index is 0.0827. The molecule has 0 spiro atoms. The van der Waals surface area contributed by atoms with Crippen molar-refractivity contribution in [3.05, 3.63) is 17.5 Å². The first-order valence-electron chi connectivity index (χ1n) is 5.01. The van der Waals surface area contributed by atoms with E-state index in [4.69, 9.17) is 5.73 Å². The molecule has 1 rings (SSSR count). The standard InChI is InChI=1S/C10H19N3/c1-4-6-13-10(8(3)11)7-9(5-2)12-13/h7-8H,4-6,11H2,1-3H3/t8-/m0/s1. The molecule has 0 amide bonds. The van der Waals surface area contributed by atoms with Gasteiger partial charge in [0.1, 0.15) is 0 Å². The summed E-state index contributed by atoms with van der Waals surface area (Å²) in [5.41, 5.74) is 8.14. The number of nitrogens with two attached hydrogens (primary N) is 1. The molecule has 0 aromatic carbocycles. The van der Waals surface area contributed by atoms with Crippen LogP contribution in [0.4, 0.5) is 0 Å². The molecule has 74 valence electrons. The third-order valence-electron chi connectivity index (χ3n) is 2.13. The van der Waals surface area contributed by atoms with Crippen LogP contribution in [-0.2, 0) is 13.0 Å². The van der Waals surface area contributed by atoms with Crippen LogP contribution in [0.3, 0.4) is 0 Å². The topological polar surface area (TPSA) is 43.8 Å². The van der Waals surface area contributed by atoms with E-state index in [1.165, 1.54) is 0 Å². The van der Waals surface area contributed by atoms with Crippen LogP contribution in [0.2, 0.25) is 0 Å². The third kappa shape index (κ3) is 2.31. The summed E-state index contributed by atoms with van der Waals surface area (Å²) in [5, 5.41) is 4.48. The number of hydrogen-bond acceptors (Lipinski definition) is 2. The molecular formula is C10H19N3. The number of nitrogens with zero attached hydrogens (tertiary/aromatic N) is 2. The van der Waals surface area contributed by atoms with Gasteiger partial charge < -0.3 is 5.73 Å². The van der Waals surface area contributed by atoms with Crippen LogP contribution in [0.25, 0.3) is 0 Å². The van der Waals surface area contributed by atoms with E-state index in [0.29, 0.717) is 0 Å². The molecule has 1 heterocycles. The lowest BCUT2D eigenvalue weighted by atomic mass is 10.2. The average Bonchev–Trinajstić information content (AvgIpc) is 2.48. The Labute approximate surface area is 79.9 Å². The van der Waals surface area contributed by atoms with Crippen LogP contribution in [0.5, 0.6) is 0 Å². The Morgan fingerprint density at radius 2 is 2.23 bits per heavy atom. The third-order valence-corrected chi connectivity index (χ3v) is 2.13. The number of aryl methyl sites for hydroxylation is 2. The summed E-state index contributed by atoms with van der Waals surface area (Å²) in [6, 6.07) is 2.19. The molecular weight excluding hydrogens is 162 g/mol. The van der Waals surface area contributed by atoms with Crippen molar-refractivity contribution in [2.24, 2.45) is 5.73 Å². The first-order chi connectivity index (χ1) is 6.19. The number of hydrogen-bond donors (Lipinski definition) is 1. The highest BCUT2D eigenvalue weighted by molar-refractivity contribution is 5.13. The van der Waals surface area contributed by atoms with E-state index >= 15 is 0 Å². The molecule has 3 nitrogen and oxygen atoms in total. The second kappa shape index (κ2) is 4.42. The molecule has 13 heavy (non-hydrogen) atoms. The predicted octanol–water partition coefficient (Wildman–Crippen LogP) is 1.88.